The van der Waals surface area contributed by atoms with E-state index in [1.54, 1.807) is 17.9 Å². The highest BCUT2D eigenvalue weighted by Crippen LogP contribution is 2.35. The van der Waals surface area contributed by atoms with Gasteiger partial charge in [-0.3, -0.25) is 9.20 Å². The Hall–Kier alpha value is -3.26. The van der Waals surface area contributed by atoms with Gasteiger partial charge in [-0.1, -0.05) is 28.9 Å². The molecule has 3 aromatic heterocycles. The molecule has 1 amide bonds. The van der Waals surface area contributed by atoms with Crippen molar-refractivity contribution in [1.29, 1.82) is 0 Å². The smallest absolute Gasteiger partial charge is 0.259 e. The summed E-state index contributed by atoms with van der Waals surface area (Å²) in [4.78, 5) is 15.1. The first kappa shape index (κ1) is 19.7. The van der Waals surface area contributed by atoms with Crippen LogP contribution in [0.5, 0.6) is 0 Å². The van der Waals surface area contributed by atoms with Crippen LogP contribution in [0.15, 0.2) is 47.1 Å². The average Bonchev–Trinajstić information content (AvgIpc) is 3.37. The number of carbonyl (C=O) groups excluding carboxylic acids is 1. The molecule has 4 aromatic rings. The highest BCUT2D eigenvalue weighted by atomic mass is 35.5. The van der Waals surface area contributed by atoms with Gasteiger partial charge in [0.25, 0.3) is 5.91 Å². The average molecular weight is 440 g/mol. The fraction of sp³-hybridized carbons (Fsp3) is 0.273. The number of carbonyl (C=O) groups is 1. The number of hydrogen-bond acceptors (Lipinski definition) is 5. The van der Waals surface area contributed by atoms with Gasteiger partial charge in [0.1, 0.15) is 28.7 Å². The molecule has 0 atom stereocenters. The third-order valence-electron chi connectivity index (χ3n) is 5.76. The van der Waals surface area contributed by atoms with Crippen molar-refractivity contribution in [3.63, 3.8) is 0 Å². The topological polar surface area (TPSA) is 76.5 Å². The molecule has 1 aromatic carbocycles. The summed E-state index contributed by atoms with van der Waals surface area (Å²) >= 11 is 6.20. The van der Waals surface area contributed by atoms with Gasteiger partial charge in [-0.15, -0.1) is 10.2 Å². The van der Waals surface area contributed by atoms with Crippen LogP contribution in [0.3, 0.4) is 0 Å². The van der Waals surface area contributed by atoms with E-state index in [9.17, 15) is 9.18 Å². The molecule has 4 heterocycles. The Bertz CT molecular complexity index is 1260. The molecule has 5 rings (SSSR count). The standard InChI is InChI=1S/C22H19ClFN5O2/c1-13-18(20(27-31-13)19-15(23)5-4-6-16(19)24)22(30)28-11-8-14(9-12-28)21-26-25-17-7-2-3-10-29(17)21/h2-7,10,14H,8-9,11-12H2,1H3. The number of halogens is 2. The van der Waals surface area contributed by atoms with Crippen LogP contribution in [0.1, 0.15) is 40.7 Å². The van der Waals surface area contributed by atoms with Crippen molar-refractivity contribution in [3.8, 4) is 11.3 Å². The minimum atomic E-state index is -0.549. The molecule has 9 heteroatoms. The molecular formula is C22H19ClFN5O2. The number of nitrogens with zero attached hydrogens (tertiary/aromatic N) is 5. The number of amides is 1. The van der Waals surface area contributed by atoms with Crippen LogP contribution in [0.2, 0.25) is 5.02 Å². The maximum absolute atomic E-state index is 14.5. The monoisotopic (exact) mass is 439 g/mol. The van der Waals surface area contributed by atoms with E-state index in [1.165, 1.54) is 12.1 Å². The van der Waals surface area contributed by atoms with Crippen molar-refractivity contribution in [2.75, 3.05) is 13.1 Å². The predicted molar refractivity (Wildman–Crippen MR) is 113 cm³/mol. The number of hydrogen-bond donors (Lipinski definition) is 0. The maximum atomic E-state index is 14.5. The largest absolute Gasteiger partial charge is 0.360 e. The maximum Gasteiger partial charge on any atom is 0.259 e. The second-order valence-corrected chi connectivity index (χ2v) is 8.02. The second kappa shape index (κ2) is 7.77. The van der Waals surface area contributed by atoms with Crippen molar-refractivity contribution in [1.82, 2.24) is 24.7 Å². The number of fused-ring (bicyclic) bond motifs is 1. The van der Waals surface area contributed by atoms with Crippen LogP contribution in [0, 0.1) is 12.7 Å². The first-order valence-corrected chi connectivity index (χ1v) is 10.4. The first-order chi connectivity index (χ1) is 15.0. The molecule has 1 saturated heterocycles. The summed E-state index contributed by atoms with van der Waals surface area (Å²) in [5, 5.41) is 12.7. The van der Waals surface area contributed by atoms with Crippen molar-refractivity contribution in [2.45, 2.75) is 25.7 Å². The number of pyridine rings is 1. The molecule has 1 aliphatic heterocycles. The number of rotatable bonds is 3. The van der Waals surface area contributed by atoms with Gasteiger partial charge < -0.3 is 9.42 Å². The molecule has 7 nitrogen and oxygen atoms in total. The van der Waals surface area contributed by atoms with Crippen LogP contribution in [0.4, 0.5) is 4.39 Å². The molecule has 0 spiro atoms. The van der Waals surface area contributed by atoms with Gasteiger partial charge in [-0.05, 0) is 44.0 Å². The molecule has 31 heavy (non-hydrogen) atoms. The van der Waals surface area contributed by atoms with Gasteiger partial charge in [0, 0.05) is 25.2 Å². The van der Waals surface area contributed by atoms with E-state index in [4.69, 9.17) is 16.1 Å². The Balaban J connectivity index is 1.39. The van der Waals surface area contributed by atoms with Gasteiger partial charge >= 0.3 is 0 Å². The van der Waals surface area contributed by atoms with E-state index < -0.39 is 5.82 Å². The van der Waals surface area contributed by atoms with E-state index in [2.05, 4.69) is 15.4 Å². The Morgan fingerprint density at radius 1 is 1.16 bits per heavy atom. The Morgan fingerprint density at radius 2 is 1.97 bits per heavy atom. The lowest BCUT2D eigenvalue weighted by Gasteiger charge is -2.31. The third kappa shape index (κ3) is 3.37. The zero-order chi connectivity index (χ0) is 21.5. The van der Waals surface area contributed by atoms with Crippen molar-refractivity contribution < 1.29 is 13.7 Å². The highest BCUT2D eigenvalue weighted by Gasteiger charge is 2.32. The van der Waals surface area contributed by atoms with Crippen molar-refractivity contribution >= 4 is 23.2 Å². The Labute approximate surface area is 182 Å². The lowest BCUT2D eigenvalue weighted by Crippen LogP contribution is -2.38. The van der Waals surface area contributed by atoms with Crippen LogP contribution in [-0.2, 0) is 0 Å². The van der Waals surface area contributed by atoms with E-state index in [-0.39, 0.29) is 33.7 Å². The second-order valence-electron chi connectivity index (χ2n) is 7.61. The quantitative estimate of drug-likeness (QED) is 0.469. The number of benzene rings is 1. The molecule has 0 saturated carbocycles. The van der Waals surface area contributed by atoms with Crippen LogP contribution in [-0.4, -0.2) is 43.7 Å². The number of piperidine rings is 1. The number of aryl methyl sites for hydroxylation is 1. The summed E-state index contributed by atoms with van der Waals surface area (Å²) in [7, 11) is 0. The molecule has 0 radical (unpaired) electrons. The van der Waals surface area contributed by atoms with Crippen LogP contribution in [0.25, 0.3) is 16.9 Å². The lowest BCUT2D eigenvalue weighted by atomic mass is 9.95. The minimum absolute atomic E-state index is 0.0779. The van der Waals surface area contributed by atoms with E-state index in [1.807, 2.05) is 28.8 Å². The van der Waals surface area contributed by atoms with E-state index in [0.717, 1.165) is 24.3 Å². The molecular weight excluding hydrogens is 421 g/mol. The fourth-order valence-electron chi connectivity index (χ4n) is 4.16. The Kier molecular flexibility index (Phi) is 4.94. The summed E-state index contributed by atoms with van der Waals surface area (Å²) < 4.78 is 21.7. The Morgan fingerprint density at radius 3 is 2.74 bits per heavy atom. The van der Waals surface area contributed by atoms with Gasteiger partial charge in [-0.25, -0.2) is 4.39 Å². The van der Waals surface area contributed by atoms with Crippen molar-refractivity contribution in [3.05, 3.63) is 70.6 Å². The molecule has 0 unspecified atom stereocenters. The molecule has 158 valence electrons. The molecule has 0 aliphatic carbocycles. The summed E-state index contributed by atoms with van der Waals surface area (Å²) in [6, 6.07) is 10.1. The third-order valence-corrected chi connectivity index (χ3v) is 6.08. The zero-order valence-electron chi connectivity index (χ0n) is 16.8. The first-order valence-electron chi connectivity index (χ1n) is 10.0. The molecule has 0 N–H and O–H groups in total. The van der Waals surface area contributed by atoms with Crippen LogP contribution >= 0.6 is 11.6 Å². The lowest BCUT2D eigenvalue weighted by molar-refractivity contribution is 0.0709. The highest BCUT2D eigenvalue weighted by molar-refractivity contribution is 6.33. The van der Waals surface area contributed by atoms with Crippen LogP contribution < -0.4 is 0 Å². The molecule has 0 bridgehead atoms. The number of aromatic nitrogens is 4. The fourth-order valence-corrected chi connectivity index (χ4v) is 4.41. The summed E-state index contributed by atoms with van der Waals surface area (Å²) in [6.45, 7) is 2.73. The van der Waals surface area contributed by atoms with E-state index >= 15 is 0 Å². The normalized spacial score (nSPS) is 15.0. The summed E-state index contributed by atoms with van der Waals surface area (Å²) in [5.41, 5.74) is 1.27. The van der Waals surface area contributed by atoms with Gasteiger partial charge in [-0.2, -0.15) is 0 Å². The predicted octanol–water partition coefficient (Wildman–Crippen LogP) is 4.51. The zero-order valence-corrected chi connectivity index (χ0v) is 17.5. The summed E-state index contributed by atoms with van der Waals surface area (Å²) in [5.74, 6) is 0.656. The van der Waals surface area contributed by atoms with E-state index in [0.29, 0.717) is 18.8 Å². The molecule has 1 fully saturated rings. The van der Waals surface area contributed by atoms with Gasteiger partial charge in [0.15, 0.2) is 5.65 Å². The van der Waals surface area contributed by atoms with Crippen molar-refractivity contribution in [2.24, 2.45) is 0 Å². The van der Waals surface area contributed by atoms with Gasteiger partial charge in [0.2, 0.25) is 0 Å². The number of likely N-dealkylation sites (tertiary alicyclic amines) is 1. The SMILES string of the molecule is Cc1onc(-c2c(F)cccc2Cl)c1C(=O)N1CCC(c2nnc3ccccn23)CC1. The van der Waals surface area contributed by atoms with Gasteiger partial charge in [0.05, 0.1) is 10.6 Å². The minimum Gasteiger partial charge on any atom is -0.360 e. The summed E-state index contributed by atoms with van der Waals surface area (Å²) in [6.07, 6.45) is 3.45. The molecule has 1 aliphatic rings.